The first-order chi connectivity index (χ1) is 12.5. The van der Waals surface area contributed by atoms with Crippen LogP contribution in [0.3, 0.4) is 0 Å². The van der Waals surface area contributed by atoms with Gasteiger partial charge >= 0.3 is 5.97 Å². The number of carboxylic acids is 1. The lowest BCUT2D eigenvalue weighted by Gasteiger charge is -2.08. The number of aryl methyl sites for hydroxylation is 1. The van der Waals surface area contributed by atoms with Crippen LogP contribution in [0.4, 0.5) is 4.39 Å². The maximum atomic E-state index is 13.0. The number of aromatic carboxylic acids is 1. The molecule has 0 fully saturated rings. The number of carboxylic acid groups (broad SMARTS) is 1. The Morgan fingerprint density at radius 2 is 2.04 bits per heavy atom. The van der Waals surface area contributed by atoms with Crippen molar-refractivity contribution >= 4 is 17.0 Å². The number of imidazole rings is 1. The fraction of sp³-hybridized carbons (Fsp3) is 0.0556. The second-order valence-electron chi connectivity index (χ2n) is 5.73. The Morgan fingerprint density at radius 1 is 1.27 bits per heavy atom. The van der Waals surface area contributed by atoms with Crippen molar-refractivity contribution in [1.29, 1.82) is 0 Å². The number of carbonyl (C=O) groups is 1. The SMILES string of the molecule is Cc1cc2[nH]c(-n3cc(C(=O)O)cn3)nc2cc1Oc1ccc(F)cc1. The van der Waals surface area contributed by atoms with E-state index in [4.69, 9.17) is 9.84 Å². The number of rotatable bonds is 4. The minimum absolute atomic E-state index is 0.0713. The Balaban J connectivity index is 1.69. The molecule has 0 saturated carbocycles. The van der Waals surface area contributed by atoms with E-state index in [-0.39, 0.29) is 11.4 Å². The van der Waals surface area contributed by atoms with Gasteiger partial charge in [0.05, 0.1) is 22.8 Å². The van der Waals surface area contributed by atoms with E-state index in [0.29, 0.717) is 23.0 Å². The van der Waals surface area contributed by atoms with Gasteiger partial charge in [0.25, 0.3) is 0 Å². The van der Waals surface area contributed by atoms with Crippen LogP contribution in [0.2, 0.25) is 0 Å². The molecule has 130 valence electrons. The van der Waals surface area contributed by atoms with Crippen LogP contribution >= 0.6 is 0 Å². The van der Waals surface area contributed by atoms with E-state index in [2.05, 4.69) is 15.1 Å². The number of aromatic nitrogens is 4. The van der Waals surface area contributed by atoms with Crippen molar-refractivity contribution < 1.29 is 19.0 Å². The molecule has 2 aromatic carbocycles. The van der Waals surface area contributed by atoms with Crippen LogP contribution < -0.4 is 4.74 Å². The highest BCUT2D eigenvalue weighted by Crippen LogP contribution is 2.29. The number of fused-ring (bicyclic) bond motifs is 1. The van der Waals surface area contributed by atoms with E-state index in [9.17, 15) is 9.18 Å². The first-order valence-corrected chi connectivity index (χ1v) is 7.72. The van der Waals surface area contributed by atoms with Gasteiger partial charge in [0.2, 0.25) is 5.95 Å². The molecule has 0 aliphatic carbocycles. The maximum Gasteiger partial charge on any atom is 0.338 e. The predicted octanol–water partition coefficient (Wildman–Crippen LogP) is 3.69. The van der Waals surface area contributed by atoms with E-state index < -0.39 is 5.97 Å². The van der Waals surface area contributed by atoms with E-state index in [1.807, 2.05) is 13.0 Å². The van der Waals surface area contributed by atoms with Crippen LogP contribution in [0.25, 0.3) is 17.0 Å². The molecule has 0 amide bonds. The number of aromatic amines is 1. The Morgan fingerprint density at radius 3 is 2.73 bits per heavy atom. The normalized spacial score (nSPS) is 11.0. The molecule has 0 aliphatic rings. The van der Waals surface area contributed by atoms with E-state index >= 15 is 0 Å². The van der Waals surface area contributed by atoms with Gasteiger partial charge in [0.1, 0.15) is 17.3 Å². The zero-order valence-electron chi connectivity index (χ0n) is 13.6. The van der Waals surface area contributed by atoms with Gasteiger partial charge in [-0.15, -0.1) is 0 Å². The number of nitrogens with zero attached hydrogens (tertiary/aromatic N) is 3. The number of benzene rings is 2. The summed E-state index contributed by atoms with van der Waals surface area (Å²) in [6.45, 7) is 1.88. The second kappa shape index (κ2) is 5.99. The fourth-order valence-electron chi connectivity index (χ4n) is 2.53. The number of hydrogen-bond donors (Lipinski definition) is 2. The lowest BCUT2D eigenvalue weighted by Crippen LogP contribution is -1.97. The molecule has 0 radical (unpaired) electrons. The van der Waals surface area contributed by atoms with Gasteiger partial charge in [-0.05, 0) is 42.8 Å². The van der Waals surface area contributed by atoms with Crippen LogP contribution in [0, 0.1) is 12.7 Å². The summed E-state index contributed by atoms with van der Waals surface area (Å²) in [5, 5.41) is 13.0. The van der Waals surface area contributed by atoms with Crippen LogP contribution in [0.1, 0.15) is 15.9 Å². The maximum absolute atomic E-state index is 13.0. The number of halogens is 1. The van der Waals surface area contributed by atoms with E-state index in [0.717, 1.165) is 11.1 Å². The molecule has 0 bridgehead atoms. The molecule has 0 aliphatic heterocycles. The van der Waals surface area contributed by atoms with Crippen LogP contribution in [-0.4, -0.2) is 30.8 Å². The molecule has 0 unspecified atom stereocenters. The van der Waals surface area contributed by atoms with Gasteiger partial charge in [-0.2, -0.15) is 5.10 Å². The first kappa shape index (κ1) is 15.8. The minimum atomic E-state index is -1.06. The Labute approximate surface area is 146 Å². The third-order valence-corrected chi connectivity index (χ3v) is 3.85. The number of nitrogens with one attached hydrogen (secondary N) is 1. The van der Waals surface area contributed by atoms with Crippen molar-refractivity contribution in [2.24, 2.45) is 0 Å². The summed E-state index contributed by atoms with van der Waals surface area (Å²) in [7, 11) is 0. The average Bonchev–Trinajstić information content (AvgIpc) is 3.24. The molecule has 0 saturated heterocycles. The molecular formula is C18H13FN4O3. The molecule has 26 heavy (non-hydrogen) atoms. The highest BCUT2D eigenvalue weighted by Gasteiger charge is 2.12. The molecular weight excluding hydrogens is 339 g/mol. The van der Waals surface area contributed by atoms with Crippen molar-refractivity contribution in [3.8, 4) is 17.4 Å². The predicted molar refractivity (Wildman–Crippen MR) is 91.4 cm³/mol. The van der Waals surface area contributed by atoms with Crippen molar-refractivity contribution in [3.05, 3.63) is 65.7 Å². The monoisotopic (exact) mass is 352 g/mol. The minimum Gasteiger partial charge on any atom is -0.478 e. The van der Waals surface area contributed by atoms with Crippen LogP contribution in [0.15, 0.2) is 48.8 Å². The van der Waals surface area contributed by atoms with Crippen molar-refractivity contribution in [2.75, 3.05) is 0 Å². The number of H-pyrrole nitrogens is 1. The molecule has 2 aromatic heterocycles. The molecule has 0 spiro atoms. The van der Waals surface area contributed by atoms with Crippen LogP contribution in [0.5, 0.6) is 11.5 Å². The first-order valence-electron chi connectivity index (χ1n) is 7.72. The summed E-state index contributed by atoms with van der Waals surface area (Å²) in [6, 6.07) is 9.38. The lowest BCUT2D eigenvalue weighted by atomic mass is 10.2. The summed E-state index contributed by atoms with van der Waals surface area (Å²) < 4.78 is 20.2. The zero-order valence-corrected chi connectivity index (χ0v) is 13.6. The Hall–Kier alpha value is -3.68. The second-order valence-corrected chi connectivity index (χ2v) is 5.73. The highest BCUT2D eigenvalue weighted by atomic mass is 19.1. The Bertz CT molecular complexity index is 1120. The van der Waals surface area contributed by atoms with Gasteiger partial charge in [-0.25, -0.2) is 18.9 Å². The number of ether oxygens (including phenoxy) is 1. The molecule has 0 atom stereocenters. The van der Waals surface area contributed by atoms with Crippen molar-refractivity contribution in [2.45, 2.75) is 6.92 Å². The molecule has 2 N–H and O–H groups in total. The van der Waals surface area contributed by atoms with Gasteiger partial charge < -0.3 is 14.8 Å². The fourth-order valence-corrected chi connectivity index (χ4v) is 2.53. The topological polar surface area (TPSA) is 93.0 Å². The standard InChI is InChI=1S/C18H13FN4O3/c1-10-6-14-15(7-16(10)26-13-4-2-12(19)3-5-13)22-18(21-14)23-9-11(8-20-23)17(24)25/h2-9H,1H3,(H,21,22)(H,24,25). The van der Waals surface area contributed by atoms with Gasteiger partial charge in [0, 0.05) is 12.3 Å². The summed E-state index contributed by atoms with van der Waals surface area (Å²) in [5.74, 6) is 0.113. The quantitative estimate of drug-likeness (QED) is 0.584. The van der Waals surface area contributed by atoms with E-state index in [1.165, 1.54) is 29.2 Å². The molecule has 4 aromatic rings. The molecule has 8 heteroatoms. The van der Waals surface area contributed by atoms with Gasteiger partial charge in [-0.3, -0.25) is 0 Å². The van der Waals surface area contributed by atoms with Gasteiger partial charge in [-0.1, -0.05) is 0 Å². The van der Waals surface area contributed by atoms with Crippen LogP contribution in [-0.2, 0) is 0 Å². The lowest BCUT2D eigenvalue weighted by molar-refractivity contribution is 0.0697. The van der Waals surface area contributed by atoms with E-state index in [1.54, 1.807) is 18.2 Å². The largest absolute Gasteiger partial charge is 0.478 e. The van der Waals surface area contributed by atoms with Crippen molar-refractivity contribution in [1.82, 2.24) is 19.7 Å². The average molecular weight is 352 g/mol. The van der Waals surface area contributed by atoms with Gasteiger partial charge in [0.15, 0.2) is 0 Å². The molecule has 2 heterocycles. The molecule has 4 rings (SSSR count). The third kappa shape index (κ3) is 2.88. The zero-order chi connectivity index (χ0) is 18.3. The highest BCUT2D eigenvalue weighted by molar-refractivity contribution is 5.87. The summed E-state index contributed by atoms with van der Waals surface area (Å²) >= 11 is 0. The smallest absolute Gasteiger partial charge is 0.338 e. The summed E-state index contributed by atoms with van der Waals surface area (Å²) in [5.41, 5.74) is 2.33. The Kier molecular flexibility index (Phi) is 3.65. The summed E-state index contributed by atoms with van der Waals surface area (Å²) in [4.78, 5) is 18.5. The number of hydrogen-bond acceptors (Lipinski definition) is 4. The van der Waals surface area contributed by atoms with Crippen molar-refractivity contribution in [3.63, 3.8) is 0 Å². The summed E-state index contributed by atoms with van der Waals surface area (Å²) in [6.07, 6.45) is 2.63. The molecule has 7 nitrogen and oxygen atoms in total. The third-order valence-electron chi connectivity index (χ3n) is 3.85.